The van der Waals surface area contributed by atoms with Crippen molar-refractivity contribution in [2.45, 2.75) is 44.0 Å². The molecule has 1 aromatic carbocycles. The third-order valence-corrected chi connectivity index (χ3v) is 6.80. The number of hydrogen-bond acceptors (Lipinski definition) is 6. The lowest BCUT2D eigenvalue weighted by Gasteiger charge is -2.27. The van der Waals surface area contributed by atoms with Gasteiger partial charge in [0.25, 0.3) is 5.69 Å². The Kier molecular flexibility index (Phi) is 7.19. The van der Waals surface area contributed by atoms with Crippen molar-refractivity contribution in [3.8, 4) is 0 Å². The van der Waals surface area contributed by atoms with Gasteiger partial charge in [-0.2, -0.15) is 4.31 Å². The van der Waals surface area contributed by atoms with E-state index in [1.54, 1.807) is 0 Å². The highest BCUT2D eigenvalue weighted by molar-refractivity contribution is 7.89. The molecule has 27 heavy (non-hydrogen) atoms. The molecule has 1 saturated heterocycles. The molecule has 1 unspecified atom stereocenters. The van der Waals surface area contributed by atoms with Crippen molar-refractivity contribution < 1.29 is 13.3 Å². The monoisotopic (exact) mass is 398 g/mol. The maximum atomic E-state index is 13.0. The number of rotatable bonds is 9. The van der Waals surface area contributed by atoms with Gasteiger partial charge in [0, 0.05) is 37.8 Å². The van der Waals surface area contributed by atoms with E-state index in [1.165, 1.54) is 22.5 Å². The summed E-state index contributed by atoms with van der Waals surface area (Å²) in [6.45, 7) is 5.76. The Morgan fingerprint density at radius 2 is 1.89 bits per heavy atom. The minimum absolute atomic E-state index is 0.0133. The highest BCUT2D eigenvalue weighted by Gasteiger charge is 2.31. The molecule has 1 atom stereocenters. The molecule has 0 aromatic heterocycles. The van der Waals surface area contributed by atoms with E-state index in [-0.39, 0.29) is 16.6 Å². The molecule has 152 valence electrons. The van der Waals surface area contributed by atoms with Crippen LogP contribution in [0.3, 0.4) is 0 Å². The first-order valence-electron chi connectivity index (χ1n) is 9.31. The Morgan fingerprint density at radius 3 is 2.41 bits per heavy atom. The molecular formula is C18H30N4O4S. The van der Waals surface area contributed by atoms with Crippen molar-refractivity contribution in [3.05, 3.63) is 28.3 Å². The van der Waals surface area contributed by atoms with Gasteiger partial charge in [-0.25, -0.2) is 8.42 Å². The minimum atomic E-state index is -3.76. The summed E-state index contributed by atoms with van der Waals surface area (Å²) in [6, 6.07) is 4.24. The standard InChI is InChI=1S/C18H30N4O4S/c1-14(2)11-16(20(3)4)13-19-17-8-7-15(22(23)24)12-18(17)27(25,26)21-9-5-6-10-21/h7-8,12,14,16,19H,5-6,9-11,13H2,1-4H3. The number of hydrogen-bond donors (Lipinski definition) is 1. The van der Waals surface area contributed by atoms with Crippen molar-refractivity contribution in [1.29, 1.82) is 0 Å². The van der Waals surface area contributed by atoms with Crippen LogP contribution in [0.2, 0.25) is 0 Å². The molecule has 1 heterocycles. The number of sulfonamides is 1. The number of nitrogens with zero attached hydrogens (tertiary/aromatic N) is 3. The second-order valence-corrected chi connectivity index (χ2v) is 9.58. The lowest BCUT2D eigenvalue weighted by atomic mass is 10.0. The van der Waals surface area contributed by atoms with Crippen LogP contribution in [0.4, 0.5) is 11.4 Å². The lowest BCUT2D eigenvalue weighted by molar-refractivity contribution is -0.385. The molecule has 1 N–H and O–H groups in total. The first-order chi connectivity index (χ1) is 12.6. The Hall–Kier alpha value is -1.71. The van der Waals surface area contributed by atoms with Crippen molar-refractivity contribution >= 4 is 21.4 Å². The number of non-ortho nitro benzene ring substituents is 1. The molecule has 1 aliphatic heterocycles. The zero-order valence-electron chi connectivity index (χ0n) is 16.5. The fourth-order valence-corrected chi connectivity index (χ4v) is 5.01. The first kappa shape index (κ1) is 21.6. The Balaban J connectivity index is 2.33. The van der Waals surface area contributed by atoms with Gasteiger partial charge in [-0.3, -0.25) is 10.1 Å². The fraction of sp³-hybridized carbons (Fsp3) is 0.667. The normalized spacial score (nSPS) is 16.8. The van der Waals surface area contributed by atoms with Crippen LogP contribution in [0.15, 0.2) is 23.1 Å². The van der Waals surface area contributed by atoms with Gasteiger partial charge in [0.1, 0.15) is 4.90 Å². The van der Waals surface area contributed by atoms with Crippen LogP contribution >= 0.6 is 0 Å². The third kappa shape index (κ3) is 5.40. The summed E-state index contributed by atoms with van der Waals surface area (Å²) in [5, 5.41) is 14.4. The maximum Gasteiger partial charge on any atom is 0.270 e. The van der Waals surface area contributed by atoms with Crippen molar-refractivity contribution in [2.75, 3.05) is 39.0 Å². The summed E-state index contributed by atoms with van der Waals surface area (Å²) in [5.41, 5.74) is 0.202. The summed E-state index contributed by atoms with van der Waals surface area (Å²) in [7, 11) is 0.221. The quantitative estimate of drug-likeness (QED) is 0.508. The summed E-state index contributed by atoms with van der Waals surface area (Å²) < 4.78 is 27.5. The van der Waals surface area contributed by atoms with Crippen LogP contribution in [0.25, 0.3) is 0 Å². The molecule has 9 heteroatoms. The highest BCUT2D eigenvalue weighted by Crippen LogP contribution is 2.31. The Morgan fingerprint density at radius 1 is 1.26 bits per heavy atom. The number of benzene rings is 1. The average molecular weight is 399 g/mol. The molecule has 0 amide bonds. The molecule has 0 spiro atoms. The van der Waals surface area contributed by atoms with Gasteiger partial charge in [-0.1, -0.05) is 13.8 Å². The Bertz CT molecular complexity index is 759. The minimum Gasteiger partial charge on any atom is -0.382 e. The fourth-order valence-electron chi connectivity index (χ4n) is 3.30. The molecule has 1 aliphatic rings. The number of nitrogens with one attached hydrogen (secondary N) is 1. The van der Waals surface area contributed by atoms with Crippen LogP contribution < -0.4 is 5.32 Å². The Labute approximate surface area is 161 Å². The molecule has 1 aromatic rings. The second kappa shape index (κ2) is 8.99. The van der Waals surface area contributed by atoms with Crippen molar-refractivity contribution in [3.63, 3.8) is 0 Å². The molecule has 0 saturated carbocycles. The number of likely N-dealkylation sites (N-methyl/N-ethyl adjacent to an activating group) is 1. The molecule has 1 fully saturated rings. The largest absolute Gasteiger partial charge is 0.382 e. The zero-order chi connectivity index (χ0) is 20.2. The molecule has 2 rings (SSSR count). The topological polar surface area (TPSA) is 95.8 Å². The van der Waals surface area contributed by atoms with Gasteiger partial charge >= 0.3 is 0 Å². The van der Waals surface area contributed by atoms with E-state index in [0.717, 1.165) is 19.3 Å². The van der Waals surface area contributed by atoms with E-state index in [4.69, 9.17) is 0 Å². The van der Waals surface area contributed by atoms with E-state index in [1.807, 2.05) is 14.1 Å². The van der Waals surface area contributed by atoms with E-state index < -0.39 is 14.9 Å². The second-order valence-electron chi connectivity index (χ2n) is 7.68. The highest BCUT2D eigenvalue weighted by atomic mass is 32.2. The van der Waals surface area contributed by atoms with Gasteiger partial charge in [0.05, 0.1) is 10.6 Å². The summed E-state index contributed by atoms with van der Waals surface area (Å²) in [6.07, 6.45) is 2.59. The van der Waals surface area contributed by atoms with E-state index >= 15 is 0 Å². The third-order valence-electron chi connectivity index (χ3n) is 4.86. The van der Waals surface area contributed by atoms with Crippen LogP contribution in [-0.4, -0.2) is 62.3 Å². The smallest absolute Gasteiger partial charge is 0.270 e. The van der Waals surface area contributed by atoms with E-state index in [0.29, 0.717) is 31.2 Å². The SMILES string of the molecule is CC(C)CC(CNc1ccc([N+](=O)[O-])cc1S(=O)(=O)N1CCCC1)N(C)C. The predicted octanol–water partition coefficient (Wildman–Crippen LogP) is 2.77. The van der Waals surface area contributed by atoms with E-state index in [9.17, 15) is 18.5 Å². The van der Waals surface area contributed by atoms with Gasteiger partial charge in [-0.05, 0) is 45.3 Å². The van der Waals surface area contributed by atoms with Gasteiger partial charge in [-0.15, -0.1) is 0 Å². The lowest BCUT2D eigenvalue weighted by Crippen LogP contribution is -2.36. The van der Waals surface area contributed by atoms with Crippen molar-refractivity contribution in [1.82, 2.24) is 9.21 Å². The molecule has 0 radical (unpaired) electrons. The first-order valence-corrected chi connectivity index (χ1v) is 10.8. The predicted molar refractivity (Wildman–Crippen MR) is 107 cm³/mol. The summed E-state index contributed by atoms with van der Waals surface area (Å²) in [4.78, 5) is 12.7. The number of anilines is 1. The molecular weight excluding hydrogens is 368 g/mol. The van der Waals surface area contributed by atoms with Crippen LogP contribution in [-0.2, 0) is 10.0 Å². The van der Waals surface area contributed by atoms with Gasteiger partial charge < -0.3 is 10.2 Å². The van der Waals surface area contributed by atoms with Crippen LogP contribution in [0.5, 0.6) is 0 Å². The molecule has 0 bridgehead atoms. The zero-order valence-corrected chi connectivity index (χ0v) is 17.3. The van der Waals surface area contributed by atoms with Crippen LogP contribution in [0.1, 0.15) is 33.1 Å². The van der Waals surface area contributed by atoms with E-state index in [2.05, 4.69) is 24.1 Å². The number of nitro groups is 1. The van der Waals surface area contributed by atoms with Gasteiger partial charge in [0.2, 0.25) is 10.0 Å². The maximum absolute atomic E-state index is 13.0. The molecule has 0 aliphatic carbocycles. The average Bonchev–Trinajstić information content (AvgIpc) is 3.13. The van der Waals surface area contributed by atoms with Gasteiger partial charge in [0.15, 0.2) is 0 Å². The summed E-state index contributed by atoms with van der Waals surface area (Å²) >= 11 is 0. The number of nitro benzene ring substituents is 1. The van der Waals surface area contributed by atoms with Crippen molar-refractivity contribution in [2.24, 2.45) is 5.92 Å². The molecule has 8 nitrogen and oxygen atoms in total. The summed E-state index contributed by atoms with van der Waals surface area (Å²) in [5.74, 6) is 0.504. The van der Waals surface area contributed by atoms with Crippen LogP contribution in [0, 0.1) is 16.0 Å².